The van der Waals surface area contributed by atoms with Crippen LogP contribution in [0.4, 0.5) is 0 Å². The van der Waals surface area contributed by atoms with E-state index < -0.39 is 10.0 Å². The molecule has 0 bridgehead atoms. The van der Waals surface area contributed by atoms with Crippen LogP contribution in [0.3, 0.4) is 0 Å². The van der Waals surface area contributed by atoms with Crippen LogP contribution < -0.4 is 10.6 Å². The number of hydrogen-bond acceptors (Lipinski definition) is 5. The number of guanidine groups is 1. The van der Waals surface area contributed by atoms with Crippen LogP contribution in [0.15, 0.2) is 4.99 Å². The molecule has 1 saturated heterocycles. The lowest BCUT2D eigenvalue weighted by molar-refractivity contribution is 0.00867. The number of nitrogens with one attached hydrogen (secondary N) is 2. The predicted molar refractivity (Wildman–Crippen MR) is 127 cm³/mol. The van der Waals surface area contributed by atoms with E-state index in [0.29, 0.717) is 25.0 Å². The van der Waals surface area contributed by atoms with Crippen LogP contribution in [-0.2, 0) is 14.8 Å². The second-order valence-electron chi connectivity index (χ2n) is 7.18. The van der Waals surface area contributed by atoms with E-state index in [0.717, 1.165) is 51.8 Å². The van der Waals surface area contributed by atoms with Crippen molar-refractivity contribution in [3.05, 3.63) is 0 Å². The number of nitrogens with zero attached hydrogens (tertiary/aromatic N) is 3. The molecule has 168 valence electrons. The number of sulfonamides is 1. The summed E-state index contributed by atoms with van der Waals surface area (Å²) in [7, 11) is -1.48. The highest BCUT2D eigenvalue weighted by Crippen LogP contribution is 2.13. The topological polar surface area (TPSA) is 86.3 Å². The van der Waals surface area contributed by atoms with Gasteiger partial charge in [-0.25, -0.2) is 12.7 Å². The third-order valence-electron chi connectivity index (χ3n) is 4.85. The van der Waals surface area contributed by atoms with E-state index in [2.05, 4.69) is 29.4 Å². The van der Waals surface area contributed by atoms with Crippen molar-refractivity contribution < 1.29 is 13.2 Å². The van der Waals surface area contributed by atoms with Crippen LogP contribution in [0.1, 0.15) is 34.1 Å². The van der Waals surface area contributed by atoms with E-state index in [9.17, 15) is 8.42 Å². The summed E-state index contributed by atoms with van der Waals surface area (Å²) in [5.74, 6) is 1.44. The van der Waals surface area contributed by atoms with E-state index in [1.54, 1.807) is 14.0 Å². The first-order valence-electron chi connectivity index (χ1n) is 10.1. The number of hydrogen-bond donors (Lipinski definition) is 2. The number of ether oxygens (including phenoxy) is 1. The molecular weight excluding hydrogens is 493 g/mol. The summed E-state index contributed by atoms with van der Waals surface area (Å²) in [6.07, 6.45) is 0.733. The monoisotopic (exact) mass is 533 g/mol. The van der Waals surface area contributed by atoms with Crippen LogP contribution in [-0.4, -0.2) is 94.9 Å². The zero-order valence-electron chi connectivity index (χ0n) is 18.1. The number of rotatable bonds is 11. The Morgan fingerprint density at radius 3 is 2.39 bits per heavy atom. The van der Waals surface area contributed by atoms with Gasteiger partial charge in [-0.3, -0.25) is 9.89 Å². The minimum absolute atomic E-state index is 0. The number of halogens is 1. The molecule has 10 heteroatoms. The molecule has 1 unspecified atom stereocenters. The van der Waals surface area contributed by atoms with Crippen molar-refractivity contribution in [1.29, 1.82) is 0 Å². The minimum atomic E-state index is -3.11. The van der Waals surface area contributed by atoms with Crippen LogP contribution in [0.25, 0.3) is 0 Å². The summed E-state index contributed by atoms with van der Waals surface area (Å²) in [4.78, 5) is 7.24. The maximum absolute atomic E-state index is 11.8. The molecule has 1 rings (SSSR count). The van der Waals surface area contributed by atoms with Gasteiger partial charge in [-0.05, 0) is 26.2 Å². The average molecular weight is 534 g/mol. The van der Waals surface area contributed by atoms with E-state index >= 15 is 0 Å². The van der Waals surface area contributed by atoms with Crippen molar-refractivity contribution >= 4 is 40.0 Å². The third-order valence-corrected chi connectivity index (χ3v) is 6.71. The van der Waals surface area contributed by atoms with Gasteiger partial charge in [0.15, 0.2) is 5.96 Å². The summed E-state index contributed by atoms with van der Waals surface area (Å²) in [6, 6.07) is 0.394. The second kappa shape index (κ2) is 14.8. The molecule has 0 aromatic heterocycles. The van der Waals surface area contributed by atoms with E-state index in [-0.39, 0.29) is 29.7 Å². The molecule has 28 heavy (non-hydrogen) atoms. The standard InChI is InChI=1S/C18H39N5O3S.HI/c1-6-19-18(20-9-8-10-22(5)27(24,25)7-2)21-15-17(16(3)4)23-11-13-26-14-12-23;/h16-17H,6-15H2,1-5H3,(H2,19,20,21);1H. The first-order chi connectivity index (χ1) is 12.8. The van der Waals surface area contributed by atoms with Crippen LogP contribution >= 0.6 is 24.0 Å². The highest BCUT2D eigenvalue weighted by atomic mass is 127. The molecule has 0 amide bonds. The average Bonchev–Trinajstić information content (AvgIpc) is 2.65. The molecule has 1 aliphatic heterocycles. The number of aliphatic imine (C=N–C) groups is 1. The predicted octanol–water partition coefficient (Wildman–Crippen LogP) is 1.19. The molecule has 8 nitrogen and oxygen atoms in total. The molecule has 0 aromatic rings. The fraction of sp³-hybridized carbons (Fsp3) is 0.944. The Bertz CT molecular complexity index is 539. The Morgan fingerprint density at radius 2 is 1.86 bits per heavy atom. The molecule has 0 saturated carbocycles. The fourth-order valence-electron chi connectivity index (χ4n) is 3.05. The fourth-order valence-corrected chi connectivity index (χ4v) is 3.90. The molecule has 0 aromatic carbocycles. The SMILES string of the molecule is CCNC(=NCC(C(C)C)N1CCOCC1)NCCCN(C)S(=O)(=O)CC.I. The summed E-state index contributed by atoms with van der Waals surface area (Å²) in [5, 5.41) is 6.59. The highest BCUT2D eigenvalue weighted by Gasteiger charge is 2.23. The van der Waals surface area contributed by atoms with Crippen molar-refractivity contribution in [1.82, 2.24) is 19.8 Å². The molecule has 1 atom stereocenters. The van der Waals surface area contributed by atoms with Gasteiger partial charge in [0.1, 0.15) is 0 Å². The van der Waals surface area contributed by atoms with E-state index in [1.165, 1.54) is 4.31 Å². The van der Waals surface area contributed by atoms with Gasteiger partial charge >= 0.3 is 0 Å². The van der Waals surface area contributed by atoms with Crippen molar-refractivity contribution in [2.45, 2.75) is 40.2 Å². The van der Waals surface area contributed by atoms with Crippen LogP contribution in [0.2, 0.25) is 0 Å². The first-order valence-corrected chi connectivity index (χ1v) is 11.7. The van der Waals surface area contributed by atoms with Crippen molar-refractivity contribution in [2.24, 2.45) is 10.9 Å². The van der Waals surface area contributed by atoms with Crippen molar-refractivity contribution in [3.8, 4) is 0 Å². The summed E-state index contributed by atoms with van der Waals surface area (Å²) in [5.41, 5.74) is 0. The maximum Gasteiger partial charge on any atom is 0.213 e. The summed E-state index contributed by atoms with van der Waals surface area (Å²) in [6.45, 7) is 14.4. The normalized spacial score (nSPS) is 17.5. The van der Waals surface area contributed by atoms with E-state index in [4.69, 9.17) is 9.73 Å². The Hall–Kier alpha value is -0.170. The summed E-state index contributed by atoms with van der Waals surface area (Å²) >= 11 is 0. The van der Waals surface area contributed by atoms with Crippen LogP contribution in [0.5, 0.6) is 0 Å². The van der Waals surface area contributed by atoms with Gasteiger partial charge in [-0.1, -0.05) is 13.8 Å². The minimum Gasteiger partial charge on any atom is -0.379 e. The molecule has 2 N–H and O–H groups in total. The molecular formula is C18H40IN5O3S. The van der Waals surface area contributed by atoms with Gasteiger partial charge in [0.05, 0.1) is 25.5 Å². The Labute approximate surface area is 188 Å². The zero-order valence-corrected chi connectivity index (χ0v) is 21.3. The number of morpholine rings is 1. The lowest BCUT2D eigenvalue weighted by Gasteiger charge is -2.36. The molecule has 0 spiro atoms. The Kier molecular flexibility index (Phi) is 14.7. The van der Waals surface area contributed by atoms with E-state index in [1.807, 2.05) is 6.92 Å². The Balaban J connectivity index is 0.00000729. The highest BCUT2D eigenvalue weighted by molar-refractivity contribution is 14.0. The molecule has 1 aliphatic rings. The van der Waals surface area contributed by atoms with Crippen LogP contribution in [0, 0.1) is 5.92 Å². The van der Waals surface area contributed by atoms with Crippen molar-refractivity contribution in [2.75, 3.05) is 65.3 Å². The van der Waals surface area contributed by atoms with Gasteiger partial charge in [0.2, 0.25) is 10.0 Å². The quantitative estimate of drug-likeness (QED) is 0.180. The van der Waals surface area contributed by atoms with Gasteiger partial charge < -0.3 is 15.4 Å². The molecule has 1 fully saturated rings. The Morgan fingerprint density at radius 1 is 1.21 bits per heavy atom. The van der Waals surface area contributed by atoms with Gasteiger partial charge in [-0.15, -0.1) is 24.0 Å². The lowest BCUT2D eigenvalue weighted by Crippen LogP contribution is -2.48. The largest absolute Gasteiger partial charge is 0.379 e. The maximum atomic E-state index is 11.8. The molecule has 0 aliphatic carbocycles. The van der Waals surface area contributed by atoms with Crippen molar-refractivity contribution in [3.63, 3.8) is 0 Å². The van der Waals surface area contributed by atoms with Gasteiger partial charge in [-0.2, -0.15) is 0 Å². The van der Waals surface area contributed by atoms with Gasteiger partial charge in [0.25, 0.3) is 0 Å². The second-order valence-corrected chi connectivity index (χ2v) is 9.55. The lowest BCUT2D eigenvalue weighted by atomic mass is 10.0. The zero-order chi connectivity index (χ0) is 20.3. The van der Waals surface area contributed by atoms with Gasteiger partial charge in [0, 0.05) is 45.8 Å². The molecule has 0 radical (unpaired) electrons. The smallest absolute Gasteiger partial charge is 0.213 e. The third kappa shape index (κ3) is 10.0. The first kappa shape index (κ1) is 27.8. The summed E-state index contributed by atoms with van der Waals surface area (Å²) < 4.78 is 30.4. The molecule has 1 heterocycles.